The number of benzene rings is 1. The molecule has 0 amide bonds. The Morgan fingerprint density at radius 2 is 2.00 bits per heavy atom. The molecule has 0 aromatic heterocycles. The zero-order valence-electron chi connectivity index (χ0n) is 11.7. The summed E-state index contributed by atoms with van der Waals surface area (Å²) in [5.74, 6) is 0.441. The van der Waals surface area contributed by atoms with Gasteiger partial charge < -0.3 is 4.90 Å². The number of nitriles is 1. The summed E-state index contributed by atoms with van der Waals surface area (Å²) in [5.41, 5.74) is 0.989. The second-order valence-electron chi connectivity index (χ2n) is 5.47. The quantitative estimate of drug-likeness (QED) is 0.818. The third-order valence-electron chi connectivity index (χ3n) is 4.42. The number of rotatable bonds is 3. The van der Waals surface area contributed by atoms with Crippen LogP contribution in [-0.2, 0) is 0 Å². The third kappa shape index (κ3) is 3.07. The molecule has 1 aromatic rings. The molecule has 0 spiro atoms. The highest BCUT2D eigenvalue weighted by Gasteiger charge is 2.23. The van der Waals surface area contributed by atoms with Crippen LogP contribution in [0.2, 0.25) is 0 Å². The van der Waals surface area contributed by atoms with Crippen molar-refractivity contribution in [3.05, 3.63) is 29.6 Å². The average molecular weight is 260 g/mol. The van der Waals surface area contributed by atoms with Crippen molar-refractivity contribution in [2.75, 3.05) is 11.9 Å². The summed E-state index contributed by atoms with van der Waals surface area (Å²) in [4.78, 5) is 2.16. The maximum atomic E-state index is 13.6. The van der Waals surface area contributed by atoms with Crippen LogP contribution in [-0.4, -0.2) is 13.1 Å². The summed E-state index contributed by atoms with van der Waals surface area (Å²) in [7, 11) is 2.03. The van der Waals surface area contributed by atoms with Gasteiger partial charge in [-0.1, -0.05) is 13.3 Å². The third-order valence-corrected chi connectivity index (χ3v) is 4.42. The van der Waals surface area contributed by atoms with Crippen LogP contribution in [0, 0.1) is 23.1 Å². The van der Waals surface area contributed by atoms with E-state index in [0.29, 0.717) is 6.04 Å². The van der Waals surface area contributed by atoms with E-state index in [1.165, 1.54) is 38.2 Å². The van der Waals surface area contributed by atoms with Gasteiger partial charge in [-0.05, 0) is 49.8 Å². The van der Waals surface area contributed by atoms with Crippen LogP contribution in [0.15, 0.2) is 18.2 Å². The highest BCUT2D eigenvalue weighted by molar-refractivity contribution is 5.50. The molecule has 2 nitrogen and oxygen atoms in total. The van der Waals surface area contributed by atoms with E-state index in [-0.39, 0.29) is 5.56 Å². The van der Waals surface area contributed by atoms with Gasteiger partial charge in [0.25, 0.3) is 0 Å². The van der Waals surface area contributed by atoms with Gasteiger partial charge >= 0.3 is 0 Å². The lowest BCUT2D eigenvalue weighted by atomic mass is 9.84. The normalized spacial score (nSPS) is 22.8. The largest absolute Gasteiger partial charge is 0.372 e. The molecule has 1 aliphatic rings. The molecule has 0 N–H and O–H groups in total. The van der Waals surface area contributed by atoms with Crippen LogP contribution in [0.4, 0.5) is 10.1 Å². The molecule has 0 saturated heterocycles. The summed E-state index contributed by atoms with van der Waals surface area (Å²) in [5, 5.41) is 8.75. The molecule has 1 aromatic carbocycles. The molecule has 0 heterocycles. The smallest absolute Gasteiger partial charge is 0.143 e. The lowest BCUT2D eigenvalue weighted by Gasteiger charge is -2.35. The predicted molar refractivity (Wildman–Crippen MR) is 75.6 cm³/mol. The van der Waals surface area contributed by atoms with Gasteiger partial charge in [0.05, 0.1) is 5.56 Å². The van der Waals surface area contributed by atoms with Crippen LogP contribution in [0.1, 0.15) is 44.6 Å². The first kappa shape index (κ1) is 13.9. The maximum Gasteiger partial charge on any atom is 0.143 e. The molecule has 0 atom stereocenters. The van der Waals surface area contributed by atoms with Gasteiger partial charge in [0.15, 0.2) is 0 Å². The fraction of sp³-hybridized carbons (Fsp3) is 0.562. The highest BCUT2D eigenvalue weighted by Crippen LogP contribution is 2.31. The topological polar surface area (TPSA) is 27.0 Å². The predicted octanol–water partition coefficient (Wildman–Crippen LogP) is 4.10. The monoisotopic (exact) mass is 260 g/mol. The second kappa shape index (κ2) is 6.06. The first-order valence-corrected chi connectivity index (χ1v) is 7.08. The molecule has 0 unspecified atom stereocenters. The van der Waals surface area contributed by atoms with Crippen molar-refractivity contribution in [1.82, 2.24) is 0 Å². The van der Waals surface area contributed by atoms with Crippen molar-refractivity contribution in [3.8, 4) is 6.07 Å². The van der Waals surface area contributed by atoms with E-state index in [9.17, 15) is 4.39 Å². The second-order valence-corrected chi connectivity index (χ2v) is 5.47. The summed E-state index contributed by atoms with van der Waals surface area (Å²) in [6, 6.07) is 7.24. The molecule has 102 valence electrons. The van der Waals surface area contributed by atoms with Gasteiger partial charge in [0.1, 0.15) is 11.9 Å². The minimum atomic E-state index is -0.422. The van der Waals surface area contributed by atoms with E-state index < -0.39 is 5.82 Å². The Hall–Kier alpha value is -1.56. The standard InChI is InChI=1S/C16H21FN2/c1-3-12-4-7-14(8-5-12)19(2)15-9-6-13(11-18)16(17)10-15/h6,9-10,12,14H,3-5,7-8H2,1-2H3. The maximum absolute atomic E-state index is 13.6. The van der Waals surface area contributed by atoms with Crippen molar-refractivity contribution in [3.63, 3.8) is 0 Å². The molecule has 0 radical (unpaired) electrons. The summed E-state index contributed by atoms with van der Waals surface area (Å²) >= 11 is 0. The van der Waals surface area contributed by atoms with E-state index in [1.807, 2.05) is 19.2 Å². The van der Waals surface area contributed by atoms with Gasteiger partial charge in [0.2, 0.25) is 0 Å². The van der Waals surface area contributed by atoms with Gasteiger partial charge in [-0.25, -0.2) is 4.39 Å². The van der Waals surface area contributed by atoms with Crippen LogP contribution in [0.25, 0.3) is 0 Å². The molecule has 1 aliphatic carbocycles. The van der Waals surface area contributed by atoms with E-state index in [2.05, 4.69) is 11.8 Å². The number of nitrogens with zero attached hydrogens (tertiary/aromatic N) is 2. The Balaban J connectivity index is 2.06. The van der Waals surface area contributed by atoms with Crippen molar-refractivity contribution in [1.29, 1.82) is 5.26 Å². The molecule has 1 saturated carbocycles. The fourth-order valence-corrected chi connectivity index (χ4v) is 2.97. The van der Waals surface area contributed by atoms with Gasteiger partial charge in [-0.3, -0.25) is 0 Å². The van der Waals surface area contributed by atoms with E-state index in [1.54, 1.807) is 6.07 Å². The lowest BCUT2D eigenvalue weighted by Crippen LogP contribution is -2.35. The molecule has 19 heavy (non-hydrogen) atoms. The molecular weight excluding hydrogens is 239 g/mol. The van der Waals surface area contributed by atoms with E-state index in [0.717, 1.165) is 11.6 Å². The zero-order chi connectivity index (χ0) is 13.8. The molecule has 0 aliphatic heterocycles. The lowest BCUT2D eigenvalue weighted by molar-refractivity contribution is 0.313. The van der Waals surface area contributed by atoms with Gasteiger partial charge in [-0.15, -0.1) is 0 Å². The van der Waals surface area contributed by atoms with Gasteiger partial charge in [0, 0.05) is 18.8 Å². The van der Waals surface area contributed by atoms with Crippen molar-refractivity contribution in [2.45, 2.75) is 45.1 Å². The Labute approximate surface area is 114 Å². The molecule has 2 rings (SSSR count). The first-order chi connectivity index (χ1) is 9.15. The minimum Gasteiger partial charge on any atom is -0.372 e. The van der Waals surface area contributed by atoms with Crippen molar-refractivity contribution in [2.24, 2.45) is 5.92 Å². The summed E-state index contributed by atoms with van der Waals surface area (Å²) in [6.07, 6.45) is 6.16. The number of anilines is 1. The van der Waals surface area contributed by atoms with Gasteiger partial charge in [-0.2, -0.15) is 5.26 Å². The number of hydrogen-bond acceptors (Lipinski definition) is 2. The number of hydrogen-bond donors (Lipinski definition) is 0. The molecular formula is C16H21FN2. The molecule has 0 bridgehead atoms. The van der Waals surface area contributed by atoms with Crippen LogP contribution >= 0.6 is 0 Å². The van der Waals surface area contributed by atoms with Crippen LogP contribution in [0.5, 0.6) is 0 Å². The zero-order valence-corrected chi connectivity index (χ0v) is 11.7. The Kier molecular flexibility index (Phi) is 4.42. The van der Waals surface area contributed by atoms with Crippen molar-refractivity contribution < 1.29 is 4.39 Å². The summed E-state index contributed by atoms with van der Waals surface area (Å²) < 4.78 is 13.6. The first-order valence-electron chi connectivity index (χ1n) is 7.08. The number of halogens is 1. The molecule has 3 heteroatoms. The Morgan fingerprint density at radius 3 is 2.53 bits per heavy atom. The average Bonchev–Trinajstić information content (AvgIpc) is 2.46. The minimum absolute atomic E-state index is 0.117. The Bertz CT molecular complexity index is 470. The molecule has 1 fully saturated rings. The SMILES string of the molecule is CCC1CCC(N(C)c2ccc(C#N)c(F)c2)CC1. The van der Waals surface area contributed by atoms with Crippen LogP contribution < -0.4 is 4.90 Å². The fourth-order valence-electron chi connectivity index (χ4n) is 2.97. The highest BCUT2D eigenvalue weighted by atomic mass is 19.1. The Morgan fingerprint density at radius 1 is 1.32 bits per heavy atom. The van der Waals surface area contributed by atoms with Crippen molar-refractivity contribution >= 4 is 5.69 Å². The van der Waals surface area contributed by atoms with Crippen LogP contribution in [0.3, 0.4) is 0 Å². The van der Waals surface area contributed by atoms with E-state index >= 15 is 0 Å². The van der Waals surface area contributed by atoms with E-state index in [4.69, 9.17) is 5.26 Å². The summed E-state index contributed by atoms with van der Waals surface area (Å²) in [6.45, 7) is 2.25.